The summed E-state index contributed by atoms with van der Waals surface area (Å²) in [7, 11) is 5.09. The van der Waals surface area contributed by atoms with Gasteiger partial charge in [-0.2, -0.15) is 0 Å². The average molecular weight is 343 g/mol. The lowest BCUT2D eigenvalue weighted by Crippen LogP contribution is -2.60. The first kappa shape index (κ1) is 23.1. The largest absolute Gasteiger partial charge is 0.544 e. The lowest BCUT2D eigenvalue weighted by Gasteiger charge is -2.33. The minimum Gasteiger partial charge on any atom is -0.544 e. The molecule has 0 aliphatic heterocycles. The maximum absolute atomic E-state index is 12.0. The van der Waals surface area contributed by atoms with Crippen LogP contribution in [0.15, 0.2) is 0 Å². The molecule has 5 heteroatoms. The lowest BCUT2D eigenvalue weighted by molar-refractivity contribution is -0.880. The minimum atomic E-state index is -1.30. The molecule has 0 radical (unpaired) electrons. The van der Waals surface area contributed by atoms with Crippen molar-refractivity contribution in [2.24, 2.45) is 0 Å². The monoisotopic (exact) mass is 342 g/mol. The van der Waals surface area contributed by atoms with Gasteiger partial charge in [0, 0.05) is 0 Å². The zero-order valence-electron chi connectivity index (χ0n) is 16.2. The zero-order valence-corrected chi connectivity index (χ0v) is 16.2. The van der Waals surface area contributed by atoms with E-state index in [1.165, 1.54) is 51.4 Å². The van der Waals surface area contributed by atoms with Crippen molar-refractivity contribution in [3.63, 3.8) is 0 Å². The summed E-state index contributed by atoms with van der Waals surface area (Å²) in [5.41, 5.74) is 0. The molecule has 0 aromatic carbocycles. The van der Waals surface area contributed by atoms with E-state index in [0.717, 1.165) is 19.4 Å². The van der Waals surface area contributed by atoms with Crippen LogP contribution >= 0.6 is 0 Å². The highest BCUT2D eigenvalue weighted by molar-refractivity contribution is 6.01. The second kappa shape index (κ2) is 13.4. The van der Waals surface area contributed by atoms with Crippen LogP contribution in [0.25, 0.3) is 0 Å². The van der Waals surface area contributed by atoms with Gasteiger partial charge in [0.25, 0.3) is 0 Å². The maximum Gasteiger partial charge on any atom is 0.209 e. The molecule has 0 aliphatic rings. The third kappa shape index (κ3) is 11.6. The van der Waals surface area contributed by atoms with E-state index in [1.54, 1.807) is 21.1 Å². The van der Waals surface area contributed by atoms with E-state index in [-0.39, 0.29) is 16.8 Å². The zero-order chi connectivity index (χ0) is 18.4. The Hall–Kier alpha value is -0.940. The smallest absolute Gasteiger partial charge is 0.209 e. The van der Waals surface area contributed by atoms with E-state index in [9.17, 15) is 14.7 Å². The van der Waals surface area contributed by atoms with Crippen molar-refractivity contribution in [2.45, 2.75) is 77.2 Å². The Morgan fingerprint density at radius 3 is 1.75 bits per heavy atom. The molecule has 0 aromatic heterocycles. The number of rotatable bonds is 16. The quantitative estimate of drug-likeness (QED) is 0.264. The van der Waals surface area contributed by atoms with Gasteiger partial charge in [0.1, 0.15) is 5.97 Å². The van der Waals surface area contributed by atoms with Crippen molar-refractivity contribution < 1.29 is 19.2 Å². The highest BCUT2D eigenvalue weighted by Crippen LogP contribution is 2.10. The molecule has 1 unspecified atom stereocenters. The van der Waals surface area contributed by atoms with Crippen LogP contribution in [0.1, 0.15) is 71.1 Å². The number of hydrogen-bond donors (Lipinski definition) is 1. The topological polar surface area (TPSA) is 69.2 Å². The molecule has 0 aliphatic carbocycles. The third-order valence-electron chi connectivity index (χ3n) is 4.31. The van der Waals surface area contributed by atoms with Crippen molar-refractivity contribution in [1.82, 2.24) is 5.32 Å². The van der Waals surface area contributed by atoms with Gasteiger partial charge < -0.3 is 19.7 Å². The summed E-state index contributed by atoms with van der Waals surface area (Å²) >= 11 is 0. The molecule has 24 heavy (non-hydrogen) atoms. The molecule has 0 rings (SSSR count). The van der Waals surface area contributed by atoms with Crippen molar-refractivity contribution in [1.29, 1.82) is 0 Å². The standard InChI is InChI=1S/C19H38N2O3/c1-5-6-7-8-9-10-11-12-13-14-15-20-16-17(22)18(19(23)24)21(2,3)4/h18,20H,5-16H2,1-4H3. The molecule has 0 aromatic rings. The number of carbonyl (C=O) groups excluding carboxylic acids is 2. The average Bonchev–Trinajstić information content (AvgIpc) is 2.46. The van der Waals surface area contributed by atoms with E-state index >= 15 is 0 Å². The first-order valence-corrected chi connectivity index (χ1v) is 9.56. The molecule has 0 heterocycles. The van der Waals surface area contributed by atoms with E-state index < -0.39 is 12.0 Å². The summed E-state index contributed by atoms with van der Waals surface area (Å²) in [4.78, 5) is 23.1. The Morgan fingerprint density at radius 1 is 0.875 bits per heavy atom. The number of unbranched alkanes of at least 4 members (excludes halogenated alkanes) is 9. The van der Waals surface area contributed by atoms with Gasteiger partial charge in [-0.1, -0.05) is 64.7 Å². The number of Topliss-reactive ketones (excluding diaryl/α,β-unsaturated/α-hetero) is 1. The molecule has 0 bridgehead atoms. The van der Waals surface area contributed by atoms with E-state index in [2.05, 4.69) is 12.2 Å². The van der Waals surface area contributed by atoms with Gasteiger partial charge >= 0.3 is 0 Å². The number of likely N-dealkylation sites (N-methyl/N-ethyl adjacent to an activating group) is 1. The number of carboxylic acids is 1. The second-order valence-electron chi connectivity index (χ2n) is 7.66. The van der Waals surface area contributed by atoms with Crippen molar-refractivity contribution in [2.75, 3.05) is 34.2 Å². The Morgan fingerprint density at radius 2 is 1.33 bits per heavy atom. The summed E-state index contributed by atoms with van der Waals surface area (Å²) in [5.74, 6) is -1.61. The molecule has 142 valence electrons. The summed E-state index contributed by atoms with van der Waals surface area (Å²) in [6, 6.07) is -1.11. The fraction of sp³-hybridized carbons (Fsp3) is 0.895. The van der Waals surface area contributed by atoms with Crippen LogP contribution < -0.4 is 10.4 Å². The highest BCUT2D eigenvalue weighted by atomic mass is 16.4. The fourth-order valence-corrected chi connectivity index (χ4v) is 2.93. The molecule has 0 amide bonds. The van der Waals surface area contributed by atoms with Gasteiger partial charge in [0.2, 0.25) is 5.78 Å². The van der Waals surface area contributed by atoms with Crippen LogP contribution in [0.3, 0.4) is 0 Å². The summed E-state index contributed by atoms with van der Waals surface area (Å²) in [6.45, 7) is 3.10. The Kier molecular flexibility index (Phi) is 12.8. The Balaban J connectivity index is 3.59. The predicted octanol–water partition coefficient (Wildman–Crippen LogP) is 1.89. The van der Waals surface area contributed by atoms with Gasteiger partial charge in [-0.15, -0.1) is 0 Å². The number of carbonyl (C=O) groups is 2. The van der Waals surface area contributed by atoms with Crippen LogP contribution in [0.4, 0.5) is 0 Å². The highest BCUT2D eigenvalue weighted by Gasteiger charge is 2.32. The van der Waals surface area contributed by atoms with Crippen molar-refractivity contribution in [3.05, 3.63) is 0 Å². The molecule has 5 nitrogen and oxygen atoms in total. The SMILES string of the molecule is CCCCCCCCCCCCNCC(=O)C(C(=O)[O-])[N+](C)(C)C. The van der Waals surface area contributed by atoms with Gasteiger partial charge in [-0.05, 0) is 13.0 Å². The second-order valence-corrected chi connectivity index (χ2v) is 7.66. The number of nitrogens with zero attached hydrogens (tertiary/aromatic N) is 1. The minimum absolute atomic E-state index is 0.0566. The molecular formula is C19H38N2O3. The lowest BCUT2D eigenvalue weighted by atomic mass is 10.1. The number of hydrogen-bond acceptors (Lipinski definition) is 4. The number of quaternary nitrogens is 1. The van der Waals surface area contributed by atoms with Gasteiger partial charge in [-0.3, -0.25) is 4.79 Å². The molecule has 0 saturated carbocycles. The van der Waals surface area contributed by atoms with Crippen LogP contribution in [0, 0.1) is 0 Å². The van der Waals surface area contributed by atoms with Crippen LogP contribution in [-0.2, 0) is 9.59 Å². The first-order valence-electron chi connectivity index (χ1n) is 9.56. The van der Waals surface area contributed by atoms with Crippen molar-refractivity contribution >= 4 is 11.8 Å². The van der Waals surface area contributed by atoms with Crippen LogP contribution in [0.5, 0.6) is 0 Å². The summed E-state index contributed by atoms with van der Waals surface area (Å²) < 4.78 is 0.0566. The predicted molar refractivity (Wildman–Crippen MR) is 96.5 cm³/mol. The maximum atomic E-state index is 12.0. The third-order valence-corrected chi connectivity index (χ3v) is 4.31. The summed E-state index contributed by atoms with van der Waals surface area (Å²) in [5, 5.41) is 14.2. The van der Waals surface area contributed by atoms with Gasteiger partial charge in [0.05, 0.1) is 27.7 Å². The molecule has 0 spiro atoms. The molecule has 1 N–H and O–H groups in total. The Labute approximate surface area is 148 Å². The molecular weight excluding hydrogens is 304 g/mol. The molecule has 0 fully saturated rings. The molecule has 0 saturated heterocycles. The van der Waals surface area contributed by atoms with Crippen molar-refractivity contribution in [3.8, 4) is 0 Å². The first-order chi connectivity index (χ1) is 11.3. The van der Waals surface area contributed by atoms with Gasteiger partial charge in [-0.25, -0.2) is 0 Å². The van der Waals surface area contributed by atoms with Crippen LogP contribution in [-0.4, -0.2) is 56.5 Å². The van der Waals surface area contributed by atoms with E-state index in [0.29, 0.717) is 0 Å². The molecule has 1 atom stereocenters. The Bertz CT molecular complexity index is 351. The fourth-order valence-electron chi connectivity index (χ4n) is 2.93. The number of carboxylic acid groups (broad SMARTS) is 1. The van der Waals surface area contributed by atoms with Gasteiger partial charge in [0.15, 0.2) is 6.04 Å². The van der Waals surface area contributed by atoms with E-state index in [1.807, 2.05) is 0 Å². The summed E-state index contributed by atoms with van der Waals surface area (Å²) in [6.07, 6.45) is 12.8. The number of nitrogens with one attached hydrogen (secondary N) is 1. The van der Waals surface area contributed by atoms with E-state index in [4.69, 9.17) is 0 Å². The normalized spacial score (nSPS) is 13.0. The number of ketones is 1. The van der Waals surface area contributed by atoms with Crippen LogP contribution in [0.2, 0.25) is 0 Å². The number of aliphatic carboxylic acids is 1.